The molecule has 0 aliphatic heterocycles. The van der Waals surface area contributed by atoms with Crippen molar-refractivity contribution < 1.29 is 37.6 Å². The van der Waals surface area contributed by atoms with Crippen molar-refractivity contribution in [1.82, 2.24) is 0 Å². The van der Waals surface area contributed by atoms with Crippen LogP contribution in [0.3, 0.4) is 0 Å². The average Bonchev–Trinajstić information content (AvgIpc) is 3.25. The van der Waals surface area contributed by atoms with Gasteiger partial charge in [0.2, 0.25) is 0 Å². The first-order chi connectivity index (χ1) is 29.8. The fourth-order valence-electron chi connectivity index (χ4n) is 6.97. The van der Waals surface area contributed by atoms with Gasteiger partial charge >= 0.3 is 19.8 Å². The van der Waals surface area contributed by atoms with Crippen LogP contribution in [0.1, 0.15) is 232 Å². The van der Waals surface area contributed by atoms with Crippen molar-refractivity contribution >= 4 is 19.8 Å². The first-order valence-corrected chi connectivity index (χ1v) is 26.6. The number of carbonyl (C=O) groups is 2. The summed E-state index contributed by atoms with van der Waals surface area (Å²) in [6, 6.07) is 0. The molecule has 0 aromatic heterocycles. The lowest BCUT2D eigenvalue weighted by atomic mass is 10.0. The van der Waals surface area contributed by atoms with Crippen LogP contribution >= 0.6 is 7.82 Å². The minimum atomic E-state index is -4.39. The zero-order valence-corrected chi connectivity index (χ0v) is 40.3. The number of rotatable bonds is 47. The number of esters is 2. The molecule has 0 radical (unpaired) electrons. The standard InChI is InChI=1S/C51H94NO8P/c1-3-5-7-9-11-13-15-17-19-21-23-24-26-28-30-32-34-36-38-40-42-44-51(54)60-49(48-59-61(55,56)58-46-45-52)47-57-50(53)43-41-39-37-35-33-31-29-27-25-22-20-18-16-14-12-10-8-6-4-2/h12,14,18,20,25,27,31,33,49H,3-11,13,15-17,19,21-24,26,28-30,32,34-48,52H2,1-2H3,(H,55,56)/b14-12+,20-18+,27-25+,33-31+/t49-/m1/s1. The van der Waals surface area contributed by atoms with E-state index in [1.165, 1.54) is 141 Å². The summed E-state index contributed by atoms with van der Waals surface area (Å²) in [6.45, 7) is 3.70. The van der Waals surface area contributed by atoms with E-state index in [1.54, 1.807) is 0 Å². The van der Waals surface area contributed by atoms with Crippen LogP contribution in [0.25, 0.3) is 0 Å². The van der Waals surface area contributed by atoms with E-state index in [0.29, 0.717) is 12.8 Å². The molecule has 3 N–H and O–H groups in total. The molecule has 2 atom stereocenters. The van der Waals surface area contributed by atoms with E-state index in [4.69, 9.17) is 24.3 Å². The van der Waals surface area contributed by atoms with Gasteiger partial charge in [0.15, 0.2) is 6.10 Å². The van der Waals surface area contributed by atoms with E-state index in [2.05, 4.69) is 62.5 Å². The van der Waals surface area contributed by atoms with E-state index in [-0.39, 0.29) is 32.6 Å². The Morgan fingerprint density at radius 3 is 1.30 bits per heavy atom. The van der Waals surface area contributed by atoms with E-state index < -0.39 is 32.5 Å². The summed E-state index contributed by atoms with van der Waals surface area (Å²) in [6.07, 6.45) is 55.8. The molecule has 1 unspecified atom stereocenters. The highest BCUT2D eigenvalue weighted by molar-refractivity contribution is 7.47. The number of nitrogens with two attached hydrogens (primary N) is 1. The summed E-state index contributed by atoms with van der Waals surface area (Å²) < 4.78 is 32.9. The number of ether oxygens (including phenoxy) is 2. The summed E-state index contributed by atoms with van der Waals surface area (Å²) in [7, 11) is -4.39. The highest BCUT2D eigenvalue weighted by Crippen LogP contribution is 2.43. The highest BCUT2D eigenvalue weighted by Gasteiger charge is 2.26. The third-order valence-electron chi connectivity index (χ3n) is 10.7. The van der Waals surface area contributed by atoms with Gasteiger partial charge in [-0.05, 0) is 57.8 Å². The molecule has 0 fully saturated rings. The lowest BCUT2D eigenvalue weighted by Gasteiger charge is -2.19. The van der Waals surface area contributed by atoms with Crippen molar-refractivity contribution in [2.45, 2.75) is 238 Å². The van der Waals surface area contributed by atoms with Crippen molar-refractivity contribution in [3.8, 4) is 0 Å². The molecule has 0 bridgehead atoms. The number of hydrogen-bond donors (Lipinski definition) is 2. The molecular weight excluding hydrogens is 786 g/mol. The van der Waals surface area contributed by atoms with Gasteiger partial charge in [0.1, 0.15) is 6.61 Å². The fraction of sp³-hybridized carbons (Fsp3) is 0.804. The maximum Gasteiger partial charge on any atom is 0.472 e. The Morgan fingerprint density at radius 1 is 0.492 bits per heavy atom. The van der Waals surface area contributed by atoms with Gasteiger partial charge in [0, 0.05) is 19.4 Å². The van der Waals surface area contributed by atoms with Crippen LogP contribution in [0.2, 0.25) is 0 Å². The van der Waals surface area contributed by atoms with Crippen LogP contribution in [-0.2, 0) is 32.7 Å². The molecule has 0 saturated carbocycles. The summed E-state index contributed by atoms with van der Waals surface area (Å²) in [5.74, 6) is -0.857. The van der Waals surface area contributed by atoms with Gasteiger partial charge in [0.25, 0.3) is 0 Å². The quantitative estimate of drug-likeness (QED) is 0.0265. The molecule has 356 valence electrons. The van der Waals surface area contributed by atoms with Gasteiger partial charge in [-0.15, -0.1) is 0 Å². The molecule has 0 rings (SSSR count). The molecule has 0 aliphatic rings. The largest absolute Gasteiger partial charge is 0.472 e. The fourth-order valence-corrected chi connectivity index (χ4v) is 7.74. The molecule has 0 heterocycles. The van der Waals surface area contributed by atoms with Gasteiger partial charge in [-0.3, -0.25) is 18.6 Å². The van der Waals surface area contributed by atoms with Gasteiger partial charge in [-0.2, -0.15) is 0 Å². The van der Waals surface area contributed by atoms with Gasteiger partial charge in [0.05, 0.1) is 13.2 Å². The number of phosphoric acid groups is 1. The van der Waals surface area contributed by atoms with Crippen LogP contribution in [-0.4, -0.2) is 49.3 Å². The maximum atomic E-state index is 12.6. The predicted molar refractivity (Wildman–Crippen MR) is 257 cm³/mol. The maximum absolute atomic E-state index is 12.6. The first kappa shape index (κ1) is 59.0. The molecule has 10 heteroatoms. The van der Waals surface area contributed by atoms with E-state index in [9.17, 15) is 19.0 Å². The van der Waals surface area contributed by atoms with Gasteiger partial charge in [-0.25, -0.2) is 4.57 Å². The zero-order chi connectivity index (χ0) is 44.6. The van der Waals surface area contributed by atoms with Gasteiger partial charge in [-0.1, -0.05) is 210 Å². The molecule has 61 heavy (non-hydrogen) atoms. The topological polar surface area (TPSA) is 134 Å². The van der Waals surface area contributed by atoms with Crippen LogP contribution < -0.4 is 5.73 Å². The third kappa shape index (κ3) is 47.3. The Morgan fingerprint density at radius 2 is 0.852 bits per heavy atom. The second kappa shape index (κ2) is 47.4. The number of unbranched alkanes of at least 4 members (excludes halogenated alkanes) is 26. The summed E-state index contributed by atoms with van der Waals surface area (Å²) in [4.78, 5) is 35.0. The molecule has 0 saturated heterocycles. The van der Waals surface area contributed by atoms with Crippen molar-refractivity contribution in [2.75, 3.05) is 26.4 Å². The van der Waals surface area contributed by atoms with E-state index in [1.807, 2.05) is 0 Å². The SMILES string of the molecule is CCCCC/C=C/C/C=C/C/C=C/C/C=C/CCCCCC(=O)OC[C@H](COP(=O)(O)OCCN)OC(=O)CCCCCCCCCCCCCCCCCCCCCCC. The van der Waals surface area contributed by atoms with Crippen LogP contribution in [0.4, 0.5) is 0 Å². The molecule has 0 amide bonds. The summed E-state index contributed by atoms with van der Waals surface area (Å²) in [5.41, 5.74) is 5.36. The second-order valence-corrected chi connectivity index (χ2v) is 18.1. The number of phosphoric ester groups is 1. The smallest absolute Gasteiger partial charge is 0.462 e. The summed E-state index contributed by atoms with van der Waals surface area (Å²) in [5, 5.41) is 0. The monoisotopic (exact) mass is 880 g/mol. The van der Waals surface area contributed by atoms with E-state index >= 15 is 0 Å². The Bertz CT molecular complexity index is 1140. The van der Waals surface area contributed by atoms with Crippen molar-refractivity contribution in [3.63, 3.8) is 0 Å². The van der Waals surface area contributed by atoms with Crippen LogP contribution in [0, 0.1) is 0 Å². The van der Waals surface area contributed by atoms with Crippen molar-refractivity contribution in [3.05, 3.63) is 48.6 Å². The van der Waals surface area contributed by atoms with Crippen molar-refractivity contribution in [2.24, 2.45) is 5.73 Å². The highest BCUT2D eigenvalue weighted by atomic mass is 31.2. The normalized spacial score (nSPS) is 13.6. The predicted octanol–water partition coefficient (Wildman–Crippen LogP) is 15.1. The molecule has 0 aromatic rings. The zero-order valence-electron chi connectivity index (χ0n) is 39.4. The Hall–Kier alpha value is -2.03. The molecule has 9 nitrogen and oxygen atoms in total. The number of carbonyl (C=O) groups excluding carboxylic acids is 2. The van der Waals surface area contributed by atoms with Crippen LogP contribution in [0.5, 0.6) is 0 Å². The lowest BCUT2D eigenvalue weighted by molar-refractivity contribution is -0.161. The molecule has 0 spiro atoms. The average molecular weight is 880 g/mol. The van der Waals surface area contributed by atoms with E-state index in [0.717, 1.165) is 51.4 Å². The van der Waals surface area contributed by atoms with Crippen molar-refractivity contribution in [1.29, 1.82) is 0 Å². The Kier molecular flexibility index (Phi) is 45.9. The molecule has 0 aliphatic carbocycles. The number of hydrogen-bond acceptors (Lipinski definition) is 8. The Balaban J connectivity index is 4.10. The minimum absolute atomic E-state index is 0.0486. The third-order valence-corrected chi connectivity index (χ3v) is 11.7. The Labute approximate surface area is 375 Å². The summed E-state index contributed by atoms with van der Waals surface area (Å²) >= 11 is 0. The first-order valence-electron chi connectivity index (χ1n) is 25.1. The molecule has 0 aromatic carbocycles. The molecular formula is C51H94NO8P. The number of allylic oxidation sites excluding steroid dienone is 8. The van der Waals surface area contributed by atoms with Crippen LogP contribution in [0.15, 0.2) is 48.6 Å². The minimum Gasteiger partial charge on any atom is -0.462 e. The lowest BCUT2D eigenvalue weighted by Crippen LogP contribution is -2.29. The second-order valence-electron chi connectivity index (χ2n) is 16.7. The van der Waals surface area contributed by atoms with Gasteiger partial charge < -0.3 is 20.1 Å².